The van der Waals surface area contributed by atoms with Crippen molar-refractivity contribution in [2.45, 2.75) is 43.8 Å². The molecule has 3 atom stereocenters. The molecule has 0 radical (unpaired) electrons. The zero-order valence-electron chi connectivity index (χ0n) is 17.6. The van der Waals surface area contributed by atoms with E-state index in [1.54, 1.807) is 0 Å². The number of hydrogen-bond donors (Lipinski definition) is 2. The Hall–Kier alpha value is -3.42. The highest BCUT2D eigenvalue weighted by Crippen LogP contribution is 2.51. The quantitative estimate of drug-likeness (QED) is 0.552. The smallest absolute Gasteiger partial charge is 0.417 e. The van der Waals surface area contributed by atoms with Gasteiger partial charge >= 0.3 is 12.8 Å². The summed E-state index contributed by atoms with van der Waals surface area (Å²) in [6, 6.07) is 3.71. The van der Waals surface area contributed by atoms with Crippen molar-refractivity contribution in [1.29, 1.82) is 0 Å². The lowest BCUT2D eigenvalue weighted by Crippen LogP contribution is -2.43. The molecule has 2 aromatic rings. The van der Waals surface area contributed by atoms with Crippen molar-refractivity contribution < 1.29 is 54.2 Å². The minimum absolute atomic E-state index is 0.262. The van der Waals surface area contributed by atoms with E-state index in [0.717, 1.165) is 18.2 Å². The largest absolute Gasteiger partial charge is 0.431 e. The van der Waals surface area contributed by atoms with Crippen molar-refractivity contribution in [3.63, 3.8) is 0 Å². The van der Waals surface area contributed by atoms with Crippen LogP contribution in [0.1, 0.15) is 35.2 Å². The summed E-state index contributed by atoms with van der Waals surface area (Å²) < 4.78 is 117. The standard InChI is InChI=1S/C21H16F8N2O4/c1-20(21(27,28)29)7-11(9-3-5-13(23)14(24)15(9)34-19(25)26)16(35-20)18(33)31-8-2-4-12(22)10(6-8)17(30)32/h2-6,11,16,19H,7H2,1H3,(H2,30,32)(H,31,33)/t11-,16+,20-/m0/s1. The van der Waals surface area contributed by atoms with Crippen LogP contribution in [-0.2, 0) is 9.53 Å². The van der Waals surface area contributed by atoms with Gasteiger partial charge in [-0.3, -0.25) is 9.59 Å². The zero-order chi connectivity index (χ0) is 26.3. The molecule has 0 saturated carbocycles. The van der Waals surface area contributed by atoms with Gasteiger partial charge in [-0.2, -0.15) is 26.3 Å². The molecule has 0 spiro atoms. The molecule has 1 fully saturated rings. The second-order valence-electron chi connectivity index (χ2n) is 7.78. The van der Waals surface area contributed by atoms with Gasteiger partial charge in [0.05, 0.1) is 5.56 Å². The van der Waals surface area contributed by atoms with Crippen LogP contribution in [0, 0.1) is 17.5 Å². The lowest BCUT2D eigenvalue weighted by atomic mass is 9.85. The Morgan fingerprint density at radius 1 is 1.14 bits per heavy atom. The summed E-state index contributed by atoms with van der Waals surface area (Å²) in [5, 5.41) is 2.12. The first-order chi connectivity index (χ1) is 16.1. The fourth-order valence-electron chi connectivity index (χ4n) is 3.68. The van der Waals surface area contributed by atoms with Gasteiger partial charge in [0.2, 0.25) is 5.82 Å². The van der Waals surface area contributed by atoms with Gasteiger partial charge < -0.3 is 20.5 Å². The summed E-state index contributed by atoms with van der Waals surface area (Å²) in [7, 11) is 0. The highest BCUT2D eigenvalue weighted by Gasteiger charge is 2.61. The lowest BCUT2D eigenvalue weighted by molar-refractivity contribution is -0.261. The maximum atomic E-state index is 14.3. The summed E-state index contributed by atoms with van der Waals surface area (Å²) in [5.41, 5.74) is 0.453. The van der Waals surface area contributed by atoms with Gasteiger partial charge in [0, 0.05) is 17.2 Å². The van der Waals surface area contributed by atoms with E-state index in [-0.39, 0.29) is 5.69 Å². The molecule has 3 rings (SSSR count). The molecular weight excluding hydrogens is 496 g/mol. The number of nitrogens with two attached hydrogens (primary N) is 1. The Kier molecular flexibility index (Phi) is 6.97. The number of hydrogen-bond acceptors (Lipinski definition) is 4. The number of nitrogens with one attached hydrogen (secondary N) is 1. The van der Waals surface area contributed by atoms with Gasteiger partial charge in [-0.05, 0) is 37.6 Å². The first kappa shape index (κ1) is 26.2. The van der Waals surface area contributed by atoms with Crippen LogP contribution in [-0.4, -0.2) is 36.3 Å². The Morgan fingerprint density at radius 3 is 2.34 bits per heavy atom. The number of benzene rings is 2. The predicted octanol–water partition coefficient (Wildman–Crippen LogP) is 4.64. The van der Waals surface area contributed by atoms with Crippen LogP contribution in [0.3, 0.4) is 0 Å². The highest BCUT2D eigenvalue weighted by molar-refractivity contribution is 5.98. The second kappa shape index (κ2) is 9.32. The summed E-state index contributed by atoms with van der Waals surface area (Å²) in [4.78, 5) is 24.2. The van der Waals surface area contributed by atoms with Crippen molar-refractivity contribution >= 4 is 17.5 Å². The van der Waals surface area contributed by atoms with Crippen molar-refractivity contribution in [2.75, 3.05) is 5.32 Å². The third-order valence-corrected chi connectivity index (χ3v) is 5.41. The molecule has 6 nitrogen and oxygen atoms in total. The second-order valence-corrected chi connectivity index (χ2v) is 7.78. The van der Waals surface area contributed by atoms with Crippen LogP contribution in [0.15, 0.2) is 30.3 Å². The number of amides is 2. The molecule has 1 saturated heterocycles. The summed E-state index contributed by atoms with van der Waals surface area (Å²) in [6.07, 6.45) is -8.18. The maximum absolute atomic E-state index is 14.3. The number of carbonyl (C=O) groups is 2. The molecule has 2 amide bonds. The topological polar surface area (TPSA) is 90.6 Å². The number of rotatable bonds is 6. The lowest BCUT2D eigenvalue weighted by Gasteiger charge is -2.27. The first-order valence-corrected chi connectivity index (χ1v) is 9.72. The van der Waals surface area contributed by atoms with Crippen molar-refractivity contribution in [3.8, 4) is 5.75 Å². The molecule has 3 N–H and O–H groups in total. The van der Waals surface area contributed by atoms with Crippen LogP contribution in [0.25, 0.3) is 0 Å². The molecule has 1 heterocycles. The average molecular weight is 512 g/mol. The third kappa shape index (κ3) is 5.16. The molecule has 1 aliphatic heterocycles. The number of ether oxygens (including phenoxy) is 2. The van der Waals surface area contributed by atoms with E-state index in [1.165, 1.54) is 0 Å². The van der Waals surface area contributed by atoms with Crippen molar-refractivity contribution in [2.24, 2.45) is 5.73 Å². The van der Waals surface area contributed by atoms with Gasteiger partial charge in [-0.25, -0.2) is 8.78 Å². The molecule has 0 aliphatic carbocycles. The maximum Gasteiger partial charge on any atom is 0.417 e. The molecule has 0 bridgehead atoms. The average Bonchev–Trinajstić information content (AvgIpc) is 3.11. The molecule has 0 aromatic heterocycles. The summed E-state index contributed by atoms with van der Waals surface area (Å²) in [5.74, 6) is -10.1. The number of anilines is 1. The fraction of sp³-hybridized carbons (Fsp3) is 0.333. The van der Waals surface area contributed by atoms with E-state index in [4.69, 9.17) is 10.5 Å². The SMILES string of the molecule is C[C@@]1(C(F)(F)F)C[C@@H](c2ccc(F)c(F)c2OC(F)F)[C@H](C(=O)Nc2ccc(F)c(C(N)=O)c2)O1. The Labute approximate surface area is 192 Å². The van der Waals surface area contributed by atoms with Gasteiger partial charge in [-0.15, -0.1) is 0 Å². The normalized spacial score (nSPS) is 22.3. The molecule has 190 valence electrons. The zero-order valence-corrected chi connectivity index (χ0v) is 17.6. The predicted molar refractivity (Wildman–Crippen MR) is 103 cm³/mol. The van der Waals surface area contributed by atoms with Crippen molar-refractivity contribution in [3.05, 3.63) is 58.9 Å². The highest BCUT2D eigenvalue weighted by atomic mass is 19.4. The van der Waals surface area contributed by atoms with Gasteiger partial charge in [0.25, 0.3) is 11.8 Å². The van der Waals surface area contributed by atoms with Gasteiger partial charge in [-0.1, -0.05) is 6.07 Å². The van der Waals surface area contributed by atoms with Crippen LogP contribution < -0.4 is 15.8 Å². The number of alkyl halides is 5. The van der Waals surface area contributed by atoms with Crippen LogP contribution >= 0.6 is 0 Å². The van der Waals surface area contributed by atoms with E-state index in [1.807, 2.05) is 0 Å². The van der Waals surface area contributed by atoms with Gasteiger partial charge in [0.1, 0.15) is 11.9 Å². The molecule has 35 heavy (non-hydrogen) atoms. The number of halogens is 8. The Bertz CT molecular complexity index is 1160. The number of primary amides is 1. The van der Waals surface area contributed by atoms with E-state index in [0.29, 0.717) is 19.1 Å². The number of carbonyl (C=O) groups excluding carboxylic acids is 2. The third-order valence-electron chi connectivity index (χ3n) is 5.41. The Morgan fingerprint density at radius 2 is 1.77 bits per heavy atom. The minimum atomic E-state index is -5.06. The van der Waals surface area contributed by atoms with Crippen LogP contribution in [0.5, 0.6) is 5.75 Å². The molecule has 2 aromatic carbocycles. The van der Waals surface area contributed by atoms with E-state index < -0.39 is 83.0 Å². The van der Waals surface area contributed by atoms with Crippen LogP contribution in [0.4, 0.5) is 40.8 Å². The van der Waals surface area contributed by atoms with Crippen molar-refractivity contribution in [1.82, 2.24) is 0 Å². The molecular formula is C21H16F8N2O4. The minimum Gasteiger partial charge on any atom is -0.431 e. The van der Waals surface area contributed by atoms with E-state index in [2.05, 4.69) is 10.1 Å². The van der Waals surface area contributed by atoms with Gasteiger partial charge in [0.15, 0.2) is 17.2 Å². The fourth-order valence-corrected chi connectivity index (χ4v) is 3.68. The summed E-state index contributed by atoms with van der Waals surface area (Å²) >= 11 is 0. The molecule has 1 aliphatic rings. The summed E-state index contributed by atoms with van der Waals surface area (Å²) in [6.45, 7) is -3.08. The molecule has 0 unspecified atom stereocenters. The first-order valence-electron chi connectivity index (χ1n) is 9.72. The van der Waals surface area contributed by atoms with E-state index in [9.17, 15) is 44.7 Å². The Balaban J connectivity index is 2.05. The van der Waals surface area contributed by atoms with E-state index >= 15 is 0 Å². The molecule has 14 heteroatoms. The monoisotopic (exact) mass is 512 g/mol. The van der Waals surface area contributed by atoms with Crippen LogP contribution in [0.2, 0.25) is 0 Å².